The van der Waals surface area contributed by atoms with Crippen molar-refractivity contribution in [2.75, 3.05) is 0 Å². The van der Waals surface area contributed by atoms with Gasteiger partial charge in [0.2, 0.25) is 0 Å². The molecule has 9 rings (SSSR count). The van der Waals surface area contributed by atoms with Gasteiger partial charge in [-0.2, -0.15) is 0 Å². The summed E-state index contributed by atoms with van der Waals surface area (Å²) < 4.78 is 0. The number of aromatic amines is 2. The number of hydrogen-bond acceptors (Lipinski definition) is 6. The van der Waals surface area contributed by atoms with Crippen LogP contribution in [0.25, 0.3) is 89.7 Å². The lowest BCUT2D eigenvalue weighted by molar-refractivity contribution is 0.590. The minimum Gasteiger partial charge on any atom is -0.324 e. The van der Waals surface area contributed by atoms with Gasteiger partial charge in [-0.3, -0.25) is 0 Å². The summed E-state index contributed by atoms with van der Waals surface area (Å²) in [6.07, 6.45) is 0.905. The Morgan fingerprint density at radius 3 is 1.20 bits per heavy atom. The van der Waals surface area contributed by atoms with E-state index in [1.165, 1.54) is 22.3 Å². The van der Waals surface area contributed by atoms with E-state index in [0.717, 1.165) is 50.2 Å². The molecular weight excluding hydrogens is 665 g/mol. The number of H-pyrrole nitrogens is 2. The summed E-state index contributed by atoms with van der Waals surface area (Å²) >= 11 is 0. The molecule has 5 heterocycles. The Bertz CT molecular complexity index is 2850. The molecule has 8 nitrogen and oxygen atoms in total. The lowest BCUT2D eigenvalue weighted by atomic mass is 9.85. The van der Waals surface area contributed by atoms with Gasteiger partial charge in [-0.25, -0.2) is 29.9 Å². The lowest BCUT2D eigenvalue weighted by Gasteiger charge is -2.19. The smallest absolute Gasteiger partial charge is 0.164 e. The number of hydrogen-bond donors (Lipinski definition) is 2. The summed E-state index contributed by atoms with van der Waals surface area (Å²) in [5, 5.41) is 3.91. The zero-order chi connectivity index (χ0) is 37.9. The molecule has 0 fully saturated rings. The molecule has 0 unspecified atom stereocenters. The van der Waals surface area contributed by atoms with E-state index in [-0.39, 0.29) is 16.2 Å². The van der Waals surface area contributed by atoms with Gasteiger partial charge < -0.3 is 9.97 Å². The van der Waals surface area contributed by atoms with E-state index >= 15 is 0 Å². The third-order valence-corrected chi connectivity index (χ3v) is 10.9. The van der Waals surface area contributed by atoms with Crippen LogP contribution in [0.3, 0.4) is 0 Å². The second-order valence-corrected chi connectivity index (χ2v) is 17.9. The fraction of sp³-hybridized carbons (Fsp3) is 0.304. The highest BCUT2D eigenvalue weighted by atomic mass is 15.1. The predicted molar refractivity (Wildman–Crippen MR) is 222 cm³/mol. The maximum absolute atomic E-state index is 5.30. The van der Waals surface area contributed by atoms with Gasteiger partial charge in [0.15, 0.2) is 23.3 Å². The van der Waals surface area contributed by atoms with Crippen LogP contribution in [0, 0.1) is 0 Å². The molecule has 0 aliphatic carbocycles. The molecule has 3 aromatic heterocycles. The maximum atomic E-state index is 5.30. The highest BCUT2D eigenvalue weighted by molar-refractivity contribution is 6.06. The number of benzene rings is 4. The van der Waals surface area contributed by atoms with E-state index in [0.29, 0.717) is 45.9 Å². The van der Waals surface area contributed by atoms with Gasteiger partial charge in [0.05, 0.1) is 0 Å². The molecule has 0 atom stereocenters. The molecule has 8 heteroatoms. The van der Waals surface area contributed by atoms with Gasteiger partial charge in [0, 0.05) is 43.8 Å². The van der Waals surface area contributed by atoms with Crippen LogP contribution in [0.1, 0.15) is 91.5 Å². The van der Waals surface area contributed by atoms with Gasteiger partial charge in [0.1, 0.15) is 22.6 Å². The van der Waals surface area contributed by atoms with Crippen molar-refractivity contribution >= 4 is 44.1 Å². The molecule has 2 aliphatic heterocycles. The Balaban J connectivity index is 1.47. The lowest BCUT2D eigenvalue weighted by Crippen LogP contribution is -2.10. The Labute approximate surface area is 315 Å². The first kappa shape index (κ1) is 34.0. The Kier molecular flexibility index (Phi) is 7.32. The number of aromatic nitrogens is 8. The first-order valence-corrected chi connectivity index (χ1v) is 18.9. The summed E-state index contributed by atoms with van der Waals surface area (Å²) in [6, 6.07) is 26.2. The van der Waals surface area contributed by atoms with E-state index in [9.17, 15) is 0 Å². The van der Waals surface area contributed by atoms with Crippen LogP contribution in [-0.4, -0.2) is 39.9 Å². The molecule has 0 saturated carbocycles. The normalized spacial score (nSPS) is 13.1. The van der Waals surface area contributed by atoms with Crippen LogP contribution in [0.15, 0.2) is 72.8 Å². The molecule has 0 saturated heterocycles. The third-order valence-electron chi connectivity index (χ3n) is 10.9. The fourth-order valence-electron chi connectivity index (χ4n) is 7.46. The van der Waals surface area contributed by atoms with Gasteiger partial charge >= 0.3 is 0 Å². The zero-order valence-corrected chi connectivity index (χ0v) is 32.8. The van der Waals surface area contributed by atoms with Crippen molar-refractivity contribution in [3.63, 3.8) is 0 Å². The number of nitrogens with one attached hydrogen (secondary N) is 2. The van der Waals surface area contributed by atoms with Crippen molar-refractivity contribution < 1.29 is 0 Å². The molecule has 8 bridgehead atoms. The number of nitrogens with zero attached hydrogens (tertiary/aromatic N) is 6. The maximum Gasteiger partial charge on any atom is 0.164 e. The first-order valence-electron chi connectivity index (χ1n) is 18.9. The van der Waals surface area contributed by atoms with E-state index in [1.54, 1.807) is 0 Å². The van der Waals surface area contributed by atoms with Gasteiger partial charge in [0.25, 0.3) is 0 Å². The number of aryl methyl sites for hydroxylation is 1. The Morgan fingerprint density at radius 2 is 0.759 bits per heavy atom. The highest BCUT2D eigenvalue weighted by Gasteiger charge is 2.26. The van der Waals surface area contributed by atoms with Crippen molar-refractivity contribution in [1.29, 1.82) is 0 Å². The largest absolute Gasteiger partial charge is 0.324 e. The molecule has 2 N–H and O–H groups in total. The standard InChI is InChI=1S/C46H46N8/c1-11-24-12-16-28-32(20-24)40-47-36(28)49-41-34-22-26(45(5,6)7)14-18-30(34)38(51-41)53-43-35-23-27(46(8,9)10)15-19-31(35)39(54-43)52-42-33-21-25(44(2,3)4)13-17-29(33)37(48-40)50-42/h12-23H,11H2,1-10H3,(H2,47,48,49,50,51,52,53,54). The average Bonchev–Trinajstić information content (AvgIpc) is 3.84. The summed E-state index contributed by atoms with van der Waals surface area (Å²) in [7, 11) is 0. The van der Waals surface area contributed by atoms with Crippen molar-refractivity contribution in [3.8, 4) is 45.6 Å². The SMILES string of the molecule is CCc1ccc2c3nc4nc(nc5[nH]c(nc6nc(nc([nH]3)c2c1)-c1ccc(C(C)(C)C)cc1-6)c1ccc(C(C)(C)C)cc51)-c1ccc(C(C)(C)C)cc1-4. The summed E-state index contributed by atoms with van der Waals surface area (Å²) in [5.41, 5.74) is 11.2. The molecule has 2 aliphatic rings. The second kappa shape index (κ2) is 11.6. The molecule has 0 radical (unpaired) electrons. The van der Waals surface area contributed by atoms with Crippen molar-refractivity contribution in [2.45, 2.75) is 91.9 Å². The van der Waals surface area contributed by atoms with Crippen LogP contribution in [0.4, 0.5) is 0 Å². The molecule has 4 aromatic carbocycles. The Morgan fingerprint density at radius 1 is 0.389 bits per heavy atom. The van der Waals surface area contributed by atoms with E-state index in [2.05, 4.69) is 152 Å². The number of fused-ring (bicyclic) bond motifs is 20. The molecule has 54 heavy (non-hydrogen) atoms. The highest BCUT2D eigenvalue weighted by Crippen LogP contribution is 2.40. The minimum atomic E-state index is -0.0614. The Hall–Kier alpha value is -5.76. The van der Waals surface area contributed by atoms with E-state index in [4.69, 9.17) is 29.9 Å². The second-order valence-electron chi connectivity index (χ2n) is 17.9. The minimum absolute atomic E-state index is 0.0610. The summed E-state index contributed by atoms with van der Waals surface area (Å²) in [5.74, 6) is 2.44. The van der Waals surface area contributed by atoms with Crippen LogP contribution in [0.2, 0.25) is 0 Å². The molecule has 7 aromatic rings. The molecule has 270 valence electrons. The molecule has 0 spiro atoms. The third kappa shape index (κ3) is 5.58. The topological polar surface area (TPSA) is 109 Å². The van der Waals surface area contributed by atoms with Crippen LogP contribution in [-0.2, 0) is 22.7 Å². The summed E-state index contributed by atoms with van der Waals surface area (Å²) in [6.45, 7) is 22.2. The first-order chi connectivity index (χ1) is 25.5. The fourth-order valence-corrected chi connectivity index (χ4v) is 7.46. The van der Waals surface area contributed by atoms with E-state index in [1.807, 2.05) is 0 Å². The average molecular weight is 711 g/mol. The van der Waals surface area contributed by atoms with Crippen LogP contribution < -0.4 is 0 Å². The van der Waals surface area contributed by atoms with E-state index < -0.39 is 0 Å². The summed E-state index contributed by atoms with van der Waals surface area (Å²) in [4.78, 5) is 38.7. The molecule has 0 amide bonds. The van der Waals surface area contributed by atoms with Crippen LogP contribution in [0.5, 0.6) is 0 Å². The van der Waals surface area contributed by atoms with Gasteiger partial charge in [-0.1, -0.05) is 118 Å². The van der Waals surface area contributed by atoms with Crippen molar-refractivity contribution in [3.05, 3.63) is 95.1 Å². The zero-order valence-electron chi connectivity index (χ0n) is 32.8. The monoisotopic (exact) mass is 710 g/mol. The predicted octanol–water partition coefficient (Wildman–Crippen LogP) is 11.3. The van der Waals surface area contributed by atoms with Gasteiger partial charge in [-0.15, -0.1) is 0 Å². The number of rotatable bonds is 1. The van der Waals surface area contributed by atoms with Crippen molar-refractivity contribution in [2.24, 2.45) is 0 Å². The quantitative estimate of drug-likeness (QED) is 0.175. The van der Waals surface area contributed by atoms with Crippen molar-refractivity contribution in [1.82, 2.24) is 39.9 Å². The molecular formula is C46H46N8. The van der Waals surface area contributed by atoms with Gasteiger partial charge in [-0.05, 0) is 69.2 Å². The van der Waals surface area contributed by atoms with Crippen LogP contribution >= 0.6 is 0 Å².